The molecule has 0 aliphatic rings. The summed E-state index contributed by atoms with van der Waals surface area (Å²) in [5, 5.41) is 6.17. The van der Waals surface area contributed by atoms with Crippen molar-refractivity contribution in [1.29, 1.82) is 0 Å². The summed E-state index contributed by atoms with van der Waals surface area (Å²) in [6, 6.07) is 6.28. The summed E-state index contributed by atoms with van der Waals surface area (Å²) >= 11 is 1.63. The second kappa shape index (κ2) is 10.0. The van der Waals surface area contributed by atoms with Gasteiger partial charge in [0, 0.05) is 41.1 Å². The van der Waals surface area contributed by atoms with E-state index >= 15 is 0 Å². The van der Waals surface area contributed by atoms with Gasteiger partial charge in [-0.15, -0.1) is 11.3 Å². The Kier molecular flexibility index (Phi) is 7.43. The van der Waals surface area contributed by atoms with Gasteiger partial charge in [-0.05, 0) is 51.3 Å². The van der Waals surface area contributed by atoms with Crippen molar-refractivity contribution in [3.05, 3.63) is 46.7 Å². The number of hydrogen-bond acceptors (Lipinski definition) is 4. The van der Waals surface area contributed by atoms with E-state index in [9.17, 15) is 4.79 Å². The van der Waals surface area contributed by atoms with E-state index < -0.39 is 0 Å². The molecule has 1 unspecified atom stereocenters. The number of amides is 1. The first-order valence-electron chi connectivity index (χ1n) is 10.9. The maximum atomic E-state index is 12.9. The fourth-order valence-electron chi connectivity index (χ4n) is 3.42. The highest BCUT2D eigenvalue weighted by Gasteiger charge is 2.21. The van der Waals surface area contributed by atoms with E-state index in [1.165, 1.54) is 0 Å². The van der Waals surface area contributed by atoms with Crippen molar-refractivity contribution in [2.24, 2.45) is 0 Å². The third-order valence-electron chi connectivity index (χ3n) is 5.53. The molecule has 3 heterocycles. The standard InChI is InChI=1S/C24H32N4OS/c1-6-9-12-28-17(5)20(23(29)26-16(4)7-2)14-22(28)21-15-30-24(27-21)18-10-11-25-19(8-3)13-18/h10-11,13-16H,6-9,12H2,1-5H3,(H,26,29). The van der Waals surface area contributed by atoms with Crippen molar-refractivity contribution in [2.75, 3.05) is 0 Å². The van der Waals surface area contributed by atoms with Crippen molar-refractivity contribution in [1.82, 2.24) is 19.9 Å². The van der Waals surface area contributed by atoms with Crippen LogP contribution >= 0.6 is 11.3 Å². The molecule has 0 fully saturated rings. The normalized spacial score (nSPS) is 12.2. The quantitative estimate of drug-likeness (QED) is 0.467. The Morgan fingerprint density at radius 3 is 2.77 bits per heavy atom. The SMILES string of the molecule is CCCCn1c(-c2csc(-c3ccnc(CC)c3)n2)cc(C(=O)NC(C)CC)c1C. The summed E-state index contributed by atoms with van der Waals surface area (Å²) in [4.78, 5) is 22.2. The lowest BCUT2D eigenvalue weighted by molar-refractivity contribution is 0.0938. The first-order chi connectivity index (χ1) is 14.5. The lowest BCUT2D eigenvalue weighted by atomic mass is 10.2. The van der Waals surface area contributed by atoms with Crippen LogP contribution in [0.15, 0.2) is 29.8 Å². The summed E-state index contributed by atoms with van der Waals surface area (Å²) in [5.74, 6) is -0.00415. The first-order valence-corrected chi connectivity index (χ1v) is 11.8. The van der Waals surface area contributed by atoms with Crippen LogP contribution in [-0.2, 0) is 13.0 Å². The van der Waals surface area contributed by atoms with Gasteiger partial charge in [-0.25, -0.2) is 4.98 Å². The molecule has 1 atom stereocenters. The third-order valence-corrected chi connectivity index (χ3v) is 6.42. The van der Waals surface area contributed by atoms with Crippen LogP contribution in [0, 0.1) is 6.92 Å². The second-order valence-corrected chi connectivity index (χ2v) is 8.60. The van der Waals surface area contributed by atoms with Gasteiger partial charge in [0.1, 0.15) is 5.01 Å². The van der Waals surface area contributed by atoms with Crippen LogP contribution in [0.4, 0.5) is 0 Å². The summed E-state index contributed by atoms with van der Waals surface area (Å²) in [6.07, 6.45) is 5.83. The number of carbonyl (C=O) groups is 1. The van der Waals surface area contributed by atoms with Crippen molar-refractivity contribution < 1.29 is 4.79 Å². The number of unbranched alkanes of at least 4 members (excludes halogenated alkanes) is 1. The number of aromatic nitrogens is 3. The summed E-state index contributed by atoms with van der Waals surface area (Å²) in [6.45, 7) is 11.3. The highest BCUT2D eigenvalue weighted by Crippen LogP contribution is 2.32. The lowest BCUT2D eigenvalue weighted by Gasteiger charge is -2.12. The lowest BCUT2D eigenvalue weighted by Crippen LogP contribution is -2.32. The van der Waals surface area contributed by atoms with E-state index in [0.29, 0.717) is 0 Å². The zero-order valence-electron chi connectivity index (χ0n) is 18.7. The largest absolute Gasteiger partial charge is 0.350 e. The van der Waals surface area contributed by atoms with Crippen LogP contribution in [0.25, 0.3) is 22.0 Å². The number of rotatable bonds is 9. The zero-order valence-corrected chi connectivity index (χ0v) is 19.5. The average molecular weight is 425 g/mol. The van der Waals surface area contributed by atoms with Crippen molar-refractivity contribution in [2.45, 2.75) is 72.9 Å². The molecule has 0 bridgehead atoms. The van der Waals surface area contributed by atoms with Gasteiger partial charge < -0.3 is 9.88 Å². The van der Waals surface area contributed by atoms with Gasteiger partial charge in [-0.1, -0.05) is 27.2 Å². The van der Waals surface area contributed by atoms with E-state index in [4.69, 9.17) is 4.98 Å². The molecular formula is C24H32N4OS. The van der Waals surface area contributed by atoms with Crippen LogP contribution in [-0.4, -0.2) is 26.5 Å². The average Bonchev–Trinajstić information content (AvgIpc) is 3.37. The van der Waals surface area contributed by atoms with E-state index in [0.717, 1.165) is 71.1 Å². The van der Waals surface area contributed by atoms with Gasteiger partial charge in [0.05, 0.1) is 17.0 Å². The molecule has 0 saturated heterocycles. The third kappa shape index (κ3) is 4.81. The molecule has 6 heteroatoms. The van der Waals surface area contributed by atoms with Crippen LogP contribution in [0.2, 0.25) is 0 Å². The highest BCUT2D eigenvalue weighted by atomic mass is 32.1. The number of carbonyl (C=O) groups excluding carboxylic acids is 1. The smallest absolute Gasteiger partial charge is 0.253 e. The molecule has 30 heavy (non-hydrogen) atoms. The minimum Gasteiger partial charge on any atom is -0.350 e. The summed E-state index contributed by atoms with van der Waals surface area (Å²) in [5.41, 5.74) is 5.85. The van der Waals surface area contributed by atoms with Gasteiger partial charge in [0.25, 0.3) is 5.91 Å². The van der Waals surface area contributed by atoms with Crippen LogP contribution in [0.1, 0.15) is 68.7 Å². The molecule has 1 N–H and O–H groups in total. The number of hydrogen-bond donors (Lipinski definition) is 1. The van der Waals surface area contributed by atoms with Crippen LogP contribution < -0.4 is 5.32 Å². The topological polar surface area (TPSA) is 59.8 Å². The molecule has 5 nitrogen and oxygen atoms in total. The molecule has 1 amide bonds. The number of thiazole rings is 1. The molecule has 3 aromatic rings. The minimum absolute atomic E-state index is 0.00415. The van der Waals surface area contributed by atoms with E-state index in [1.807, 2.05) is 32.2 Å². The van der Waals surface area contributed by atoms with Gasteiger partial charge in [-0.3, -0.25) is 9.78 Å². The molecule has 0 aromatic carbocycles. The first kappa shape index (κ1) is 22.2. The van der Waals surface area contributed by atoms with E-state index in [-0.39, 0.29) is 11.9 Å². The van der Waals surface area contributed by atoms with E-state index in [2.05, 4.69) is 47.1 Å². The molecule has 160 valence electrons. The Balaban J connectivity index is 1.99. The second-order valence-electron chi connectivity index (χ2n) is 7.74. The maximum Gasteiger partial charge on any atom is 0.253 e. The van der Waals surface area contributed by atoms with Crippen molar-refractivity contribution >= 4 is 17.2 Å². The Hall–Kier alpha value is -2.47. The zero-order chi connectivity index (χ0) is 21.7. The maximum absolute atomic E-state index is 12.9. The molecular weight excluding hydrogens is 392 g/mol. The Labute approximate surface area is 183 Å². The number of nitrogens with one attached hydrogen (secondary N) is 1. The predicted octanol–water partition coefficient (Wildman–Crippen LogP) is 5.87. The van der Waals surface area contributed by atoms with Gasteiger partial charge in [-0.2, -0.15) is 0 Å². The summed E-state index contributed by atoms with van der Waals surface area (Å²) < 4.78 is 2.25. The minimum atomic E-state index is -0.00415. The van der Waals surface area contributed by atoms with E-state index in [1.54, 1.807) is 11.3 Å². The van der Waals surface area contributed by atoms with Crippen molar-refractivity contribution in [3.63, 3.8) is 0 Å². The molecule has 0 saturated carbocycles. The predicted molar refractivity (Wildman–Crippen MR) is 125 cm³/mol. The van der Waals surface area contributed by atoms with Gasteiger partial charge in [0.2, 0.25) is 0 Å². The number of aryl methyl sites for hydroxylation is 1. The Morgan fingerprint density at radius 1 is 1.27 bits per heavy atom. The van der Waals surface area contributed by atoms with Crippen LogP contribution in [0.3, 0.4) is 0 Å². The monoisotopic (exact) mass is 424 g/mol. The van der Waals surface area contributed by atoms with Crippen LogP contribution in [0.5, 0.6) is 0 Å². The highest BCUT2D eigenvalue weighted by molar-refractivity contribution is 7.13. The molecule has 0 radical (unpaired) electrons. The molecule has 0 aliphatic heterocycles. The fourth-order valence-corrected chi connectivity index (χ4v) is 4.23. The molecule has 0 spiro atoms. The Bertz CT molecular complexity index is 1000. The van der Waals surface area contributed by atoms with Gasteiger partial charge in [0.15, 0.2) is 0 Å². The van der Waals surface area contributed by atoms with Gasteiger partial charge >= 0.3 is 0 Å². The molecule has 0 aliphatic carbocycles. The number of pyridine rings is 1. The van der Waals surface area contributed by atoms with Crippen molar-refractivity contribution in [3.8, 4) is 22.0 Å². The Morgan fingerprint density at radius 2 is 2.07 bits per heavy atom. The number of nitrogens with zero attached hydrogens (tertiary/aromatic N) is 3. The fraction of sp³-hybridized carbons (Fsp3) is 0.458. The molecule has 3 aromatic heterocycles. The summed E-state index contributed by atoms with van der Waals surface area (Å²) in [7, 11) is 0. The molecule has 3 rings (SSSR count).